The molecule has 1 saturated heterocycles. The molecule has 0 radical (unpaired) electrons. The largest absolute Gasteiger partial charge is 0.371 e. The summed E-state index contributed by atoms with van der Waals surface area (Å²) in [6.07, 6.45) is 0.936. The van der Waals surface area contributed by atoms with Crippen LogP contribution >= 0.6 is 0 Å². The van der Waals surface area contributed by atoms with Crippen molar-refractivity contribution in [1.29, 1.82) is 0 Å². The van der Waals surface area contributed by atoms with Gasteiger partial charge in [0.25, 0.3) is 0 Å². The molecule has 0 unspecified atom stereocenters. The summed E-state index contributed by atoms with van der Waals surface area (Å²) in [5.74, 6) is -0.0134. The van der Waals surface area contributed by atoms with Crippen LogP contribution in [0.2, 0.25) is 0 Å². The van der Waals surface area contributed by atoms with E-state index in [1.165, 1.54) is 0 Å². The Morgan fingerprint density at radius 2 is 1.92 bits per heavy atom. The second kappa shape index (κ2) is 3.29. The molecule has 0 aromatic rings. The Bertz CT molecular complexity index is 209. The molecule has 1 heterocycles. The molecule has 1 N–H and O–H groups in total. The second-order valence-electron chi connectivity index (χ2n) is 5.27. The molecular formula is C10H19NO2. The zero-order valence-corrected chi connectivity index (χ0v) is 8.94. The van der Waals surface area contributed by atoms with Crippen LogP contribution in [0, 0.1) is 5.41 Å². The third-order valence-electron chi connectivity index (χ3n) is 2.12. The first kappa shape index (κ1) is 10.5. The van der Waals surface area contributed by atoms with Gasteiger partial charge in [-0.15, -0.1) is 0 Å². The number of nitrogens with one attached hydrogen (secondary N) is 1. The zero-order valence-electron chi connectivity index (χ0n) is 8.94. The first-order valence-corrected chi connectivity index (χ1v) is 4.70. The van der Waals surface area contributed by atoms with Gasteiger partial charge in [0.15, 0.2) is 0 Å². The number of hydrogen-bond acceptors (Lipinski definition) is 2. The van der Waals surface area contributed by atoms with Gasteiger partial charge in [0, 0.05) is 5.54 Å². The number of rotatable bonds is 0. The van der Waals surface area contributed by atoms with Crippen molar-refractivity contribution >= 4 is 5.91 Å². The first-order chi connectivity index (χ1) is 5.81. The van der Waals surface area contributed by atoms with Crippen molar-refractivity contribution in [3.8, 4) is 0 Å². The van der Waals surface area contributed by atoms with Crippen molar-refractivity contribution in [3.63, 3.8) is 0 Å². The Balaban J connectivity index is 2.70. The van der Waals surface area contributed by atoms with Crippen LogP contribution in [-0.2, 0) is 9.53 Å². The van der Waals surface area contributed by atoms with Crippen LogP contribution in [0.15, 0.2) is 0 Å². The van der Waals surface area contributed by atoms with E-state index in [0.29, 0.717) is 6.61 Å². The van der Waals surface area contributed by atoms with Gasteiger partial charge in [-0.25, -0.2) is 0 Å². The molecule has 0 atom stereocenters. The summed E-state index contributed by atoms with van der Waals surface area (Å²) in [6, 6.07) is 0. The topological polar surface area (TPSA) is 38.3 Å². The van der Waals surface area contributed by atoms with Gasteiger partial charge >= 0.3 is 0 Å². The fraction of sp³-hybridized carbons (Fsp3) is 0.900. The molecule has 3 nitrogen and oxygen atoms in total. The van der Waals surface area contributed by atoms with Crippen molar-refractivity contribution in [3.05, 3.63) is 0 Å². The number of ether oxygens (including phenoxy) is 1. The average Bonchev–Trinajstić information content (AvgIpc) is 1.78. The van der Waals surface area contributed by atoms with Crippen molar-refractivity contribution in [2.45, 2.75) is 39.7 Å². The third-order valence-corrected chi connectivity index (χ3v) is 2.12. The van der Waals surface area contributed by atoms with Gasteiger partial charge in [0.2, 0.25) is 5.91 Å². The van der Waals surface area contributed by atoms with E-state index in [9.17, 15) is 4.79 Å². The molecule has 1 amide bonds. The van der Waals surface area contributed by atoms with Gasteiger partial charge in [0.1, 0.15) is 6.61 Å². The minimum absolute atomic E-state index is 0.0134. The summed E-state index contributed by atoms with van der Waals surface area (Å²) in [4.78, 5) is 11.2. The molecule has 1 rings (SSSR count). The standard InChI is InChI=1S/C10H19NO2/c1-9(2)6-10(3,4)11-8(12)5-13-7-9/h5-7H2,1-4H3,(H,11,12). The molecule has 0 bridgehead atoms. The van der Waals surface area contributed by atoms with Crippen LogP contribution in [0.5, 0.6) is 0 Å². The Labute approximate surface area is 79.8 Å². The number of hydrogen-bond donors (Lipinski definition) is 1. The van der Waals surface area contributed by atoms with E-state index in [1.54, 1.807) is 0 Å². The van der Waals surface area contributed by atoms with Crippen LogP contribution < -0.4 is 5.32 Å². The van der Waals surface area contributed by atoms with Crippen LogP contribution in [-0.4, -0.2) is 24.7 Å². The lowest BCUT2D eigenvalue weighted by atomic mass is 9.80. The lowest BCUT2D eigenvalue weighted by molar-refractivity contribution is -0.131. The lowest BCUT2D eigenvalue weighted by Gasteiger charge is -2.37. The Morgan fingerprint density at radius 1 is 1.31 bits per heavy atom. The molecule has 13 heavy (non-hydrogen) atoms. The van der Waals surface area contributed by atoms with E-state index in [2.05, 4.69) is 33.0 Å². The summed E-state index contributed by atoms with van der Waals surface area (Å²) < 4.78 is 5.28. The Hall–Kier alpha value is -0.570. The molecule has 0 aromatic heterocycles. The van der Waals surface area contributed by atoms with Gasteiger partial charge < -0.3 is 10.1 Å². The quantitative estimate of drug-likeness (QED) is 0.618. The molecule has 1 fully saturated rings. The first-order valence-electron chi connectivity index (χ1n) is 4.70. The minimum Gasteiger partial charge on any atom is -0.371 e. The maximum Gasteiger partial charge on any atom is 0.246 e. The molecule has 0 saturated carbocycles. The number of carbonyl (C=O) groups is 1. The van der Waals surface area contributed by atoms with Gasteiger partial charge in [-0.2, -0.15) is 0 Å². The van der Waals surface area contributed by atoms with E-state index in [1.807, 2.05) is 0 Å². The molecule has 0 aromatic carbocycles. The van der Waals surface area contributed by atoms with E-state index in [0.717, 1.165) is 6.42 Å². The predicted molar refractivity (Wildman–Crippen MR) is 51.4 cm³/mol. The van der Waals surface area contributed by atoms with Crippen LogP contribution in [0.25, 0.3) is 0 Å². The van der Waals surface area contributed by atoms with E-state index in [-0.39, 0.29) is 23.5 Å². The highest BCUT2D eigenvalue weighted by molar-refractivity contribution is 5.78. The van der Waals surface area contributed by atoms with Crippen LogP contribution in [0.4, 0.5) is 0 Å². The van der Waals surface area contributed by atoms with Crippen molar-refractivity contribution < 1.29 is 9.53 Å². The summed E-state index contributed by atoms with van der Waals surface area (Å²) >= 11 is 0. The third kappa shape index (κ3) is 3.35. The average molecular weight is 185 g/mol. The van der Waals surface area contributed by atoms with E-state index >= 15 is 0 Å². The molecule has 3 heteroatoms. The summed E-state index contributed by atoms with van der Waals surface area (Å²) in [6.45, 7) is 9.27. The normalized spacial score (nSPS) is 27.2. The maximum absolute atomic E-state index is 11.2. The SMILES string of the molecule is CC1(C)COCC(=O)NC(C)(C)C1. The van der Waals surface area contributed by atoms with Crippen molar-refractivity contribution in [1.82, 2.24) is 5.32 Å². The lowest BCUT2D eigenvalue weighted by Crippen LogP contribution is -2.50. The highest BCUT2D eigenvalue weighted by Crippen LogP contribution is 2.29. The highest BCUT2D eigenvalue weighted by atomic mass is 16.5. The van der Waals surface area contributed by atoms with E-state index < -0.39 is 0 Å². The molecule has 1 aliphatic heterocycles. The number of carbonyl (C=O) groups excluding carboxylic acids is 1. The minimum atomic E-state index is -0.121. The molecule has 0 spiro atoms. The zero-order chi connectivity index (χ0) is 10.1. The predicted octanol–water partition coefficient (Wildman–Crippen LogP) is 1.33. The van der Waals surface area contributed by atoms with Crippen molar-refractivity contribution in [2.75, 3.05) is 13.2 Å². The van der Waals surface area contributed by atoms with Gasteiger partial charge in [0.05, 0.1) is 6.61 Å². The summed E-state index contributed by atoms with van der Waals surface area (Å²) in [7, 11) is 0. The molecule has 0 aliphatic carbocycles. The Morgan fingerprint density at radius 3 is 2.54 bits per heavy atom. The highest BCUT2D eigenvalue weighted by Gasteiger charge is 2.32. The fourth-order valence-electron chi connectivity index (χ4n) is 2.13. The monoisotopic (exact) mass is 185 g/mol. The molecule has 1 aliphatic rings. The smallest absolute Gasteiger partial charge is 0.246 e. The second-order valence-corrected chi connectivity index (χ2v) is 5.27. The van der Waals surface area contributed by atoms with Crippen LogP contribution in [0.1, 0.15) is 34.1 Å². The molecule has 76 valence electrons. The Kier molecular flexibility index (Phi) is 2.66. The maximum atomic E-state index is 11.2. The summed E-state index contributed by atoms with van der Waals surface area (Å²) in [5, 5.41) is 2.95. The van der Waals surface area contributed by atoms with Crippen molar-refractivity contribution in [2.24, 2.45) is 5.41 Å². The van der Waals surface area contributed by atoms with Gasteiger partial charge in [-0.3, -0.25) is 4.79 Å². The van der Waals surface area contributed by atoms with Crippen LogP contribution in [0.3, 0.4) is 0 Å². The van der Waals surface area contributed by atoms with Gasteiger partial charge in [-0.05, 0) is 25.7 Å². The van der Waals surface area contributed by atoms with Gasteiger partial charge in [-0.1, -0.05) is 13.8 Å². The summed E-state index contributed by atoms with van der Waals surface area (Å²) in [5.41, 5.74) is 0.0154. The number of amides is 1. The molecular weight excluding hydrogens is 166 g/mol. The fourth-order valence-corrected chi connectivity index (χ4v) is 2.13. The van der Waals surface area contributed by atoms with E-state index in [4.69, 9.17) is 4.74 Å².